The number of fused-ring (bicyclic) bond motifs is 2. The molecule has 32 heavy (non-hydrogen) atoms. The highest BCUT2D eigenvalue weighted by Crippen LogP contribution is 2.47. The van der Waals surface area contributed by atoms with E-state index in [0.717, 1.165) is 5.56 Å². The van der Waals surface area contributed by atoms with Crippen LogP contribution in [0, 0.1) is 12.8 Å². The second-order valence-electron chi connectivity index (χ2n) is 8.76. The Balaban J connectivity index is 1.41. The zero-order chi connectivity index (χ0) is 22.7. The smallest absolute Gasteiger partial charge is 0.296 e. The Morgan fingerprint density at radius 2 is 1.88 bits per heavy atom. The van der Waals surface area contributed by atoms with Gasteiger partial charge in [0, 0.05) is 5.92 Å². The molecule has 0 unspecified atom stereocenters. The fourth-order valence-corrected chi connectivity index (χ4v) is 5.51. The van der Waals surface area contributed by atoms with E-state index >= 15 is 0 Å². The summed E-state index contributed by atoms with van der Waals surface area (Å²) in [6, 6.07) is 6.41. The quantitative estimate of drug-likeness (QED) is 0.570. The molecule has 1 aromatic carbocycles. The van der Waals surface area contributed by atoms with Crippen molar-refractivity contribution in [2.45, 2.75) is 56.1 Å². The predicted molar refractivity (Wildman–Crippen MR) is 115 cm³/mol. The van der Waals surface area contributed by atoms with E-state index in [1.165, 1.54) is 6.33 Å². The Morgan fingerprint density at radius 1 is 1.16 bits per heavy atom. The molecule has 3 heterocycles. The second-order valence-corrected chi connectivity index (χ2v) is 10.4. The second kappa shape index (κ2) is 7.48. The van der Waals surface area contributed by atoms with Crippen molar-refractivity contribution in [1.29, 1.82) is 0 Å². The fourth-order valence-electron chi connectivity index (χ4n) is 4.56. The summed E-state index contributed by atoms with van der Waals surface area (Å²) >= 11 is 0. The molecule has 1 saturated heterocycles. The number of benzene rings is 1. The average Bonchev–Trinajstić information content (AvgIpc) is 3.38. The highest BCUT2D eigenvalue weighted by atomic mass is 32.2. The lowest BCUT2D eigenvalue weighted by molar-refractivity contribution is -0.161. The van der Waals surface area contributed by atoms with Crippen LogP contribution in [0.15, 0.2) is 41.8 Å². The van der Waals surface area contributed by atoms with Crippen LogP contribution >= 0.6 is 0 Å². The minimum absolute atomic E-state index is 0.0168. The van der Waals surface area contributed by atoms with Crippen molar-refractivity contribution in [3.8, 4) is 0 Å². The van der Waals surface area contributed by atoms with Crippen LogP contribution in [0.3, 0.4) is 0 Å². The van der Waals surface area contributed by atoms with Gasteiger partial charge < -0.3 is 19.8 Å². The fraction of sp³-hybridized carbons (Fsp3) is 0.476. The topological polar surface area (TPSA) is 131 Å². The maximum atomic E-state index is 12.7. The van der Waals surface area contributed by atoms with Gasteiger partial charge in [0.1, 0.15) is 17.9 Å². The van der Waals surface area contributed by atoms with Gasteiger partial charge in [-0.05, 0) is 39.3 Å². The van der Waals surface area contributed by atoms with E-state index in [9.17, 15) is 8.42 Å². The van der Waals surface area contributed by atoms with E-state index in [1.54, 1.807) is 30.6 Å². The molecule has 4 atom stereocenters. The molecule has 2 aliphatic rings. The summed E-state index contributed by atoms with van der Waals surface area (Å²) in [6.07, 6.45) is 2.99. The molecule has 1 saturated carbocycles. The number of nitrogens with zero attached hydrogens (tertiary/aromatic N) is 4. The van der Waals surface area contributed by atoms with Crippen LogP contribution in [-0.2, 0) is 23.8 Å². The maximum absolute atomic E-state index is 12.7. The number of hydrogen-bond acceptors (Lipinski definition) is 9. The number of nitrogens with two attached hydrogens (primary N) is 1. The third-order valence-corrected chi connectivity index (χ3v) is 7.34. The van der Waals surface area contributed by atoms with E-state index in [0.29, 0.717) is 23.4 Å². The van der Waals surface area contributed by atoms with E-state index in [1.807, 2.05) is 25.3 Å². The monoisotopic (exact) mass is 459 g/mol. The molecule has 2 aromatic heterocycles. The van der Waals surface area contributed by atoms with Gasteiger partial charge in [-0.3, -0.25) is 4.18 Å². The minimum Gasteiger partial charge on any atom is -0.382 e. The molecule has 0 spiro atoms. The van der Waals surface area contributed by atoms with Gasteiger partial charge >= 0.3 is 0 Å². The number of hydrogen-bond donors (Lipinski definition) is 1. The molecule has 1 aliphatic carbocycles. The molecule has 10 nitrogen and oxygen atoms in total. The molecule has 0 radical (unpaired) electrons. The molecule has 0 bridgehead atoms. The molecule has 170 valence electrons. The first-order valence-corrected chi connectivity index (χ1v) is 11.8. The van der Waals surface area contributed by atoms with E-state index < -0.39 is 15.9 Å². The van der Waals surface area contributed by atoms with Gasteiger partial charge in [-0.1, -0.05) is 17.7 Å². The third kappa shape index (κ3) is 3.64. The Labute approximate surface area is 185 Å². The van der Waals surface area contributed by atoms with Gasteiger partial charge in [-0.25, -0.2) is 15.0 Å². The molecule has 2 N–H and O–H groups in total. The normalized spacial score (nSPS) is 27.1. The Morgan fingerprint density at radius 3 is 2.62 bits per heavy atom. The number of aryl methyl sites for hydroxylation is 1. The van der Waals surface area contributed by atoms with Crippen molar-refractivity contribution >= 4 is 27.1 Å². The Kier molecular flexibility index (Phi) is 4.97. The molecule has 1 aliphatic heterocycles. The molecule has 11 heteroatoms. The summed E-state index contributed by atoms with van der Waals surface area (Å²) in [6.45, 7) is 5.57. The van der Waals surface area contributed by atoms with Crippen LogP contribution in [0.4, 0.5) is 5.82 Å². The summed E-state index contributed by atoms with van der Waals surface area (Å²) < 4.78 is 45.1. The molecule has 2 fully saturated rings. The van der Waals surface area contributed by atoms with Crippen molar-refractivity contribution in [1.82, 2.24) is 19.5 Å². The number of anilines is 1. The first kappa shape index (κ1) is 21.3. The summed E-state index contributed by atoms with van der Waals surface area (Å²) in [5.74, 6) is -0.702. The van der Waals surface area contributed by atoms with Gasteiger partial charge in [-0.2, -0.15) is 8.42 Å². The lowest BCUT2D eigenvalue weighted by Crippen LogP contribution is -2.29. The van der Waals surface area contributed by atoms with Crippen LogP contribution in [0.5, 0.6) is 0 Å². The first-order chi connectivity index (χ1) is 15.1. The maximum Gasteiger partial charge on any atom is 0.296 e. The van der Waals surface area contributed by atoms with Crippen molar-refractivity contribution in [2.24, 2.45) is 5.92 Å². The van der Waals surface area contributed by atoms with Crippen molar-refractivity contribution in [2.75, 3.05) is 12.3 Å². The van der Waals surface area contributed by atoms with Crippen LogP contribution in [-0.4, -0.2) is 52.5 Å². The van der Waals surface area contributed by atoms with E-state index in [4.69, 9.17) is 19.4 Å². The van der Waals surface area contributed by atoms with E-state index in [-0.39, 0.29) is 35.7 Å². The summed E-state index contributed by atoms with van der Waals surface area (Å²) in [5.41, 5.74) is 8.03. The van der Waals surface area contributed by atoms with Crippen LogP contribution < -0.4 is 5.73 Å². The zero-order valence-corrected chi connectivity index (χ0v) is 18.8. The number of rotatable bonds is 5. The lowest BCUT2D eigenvalue weighted by Gasteiger charge is -2.24. The highest BCUT2D eigenvalue weighted by Gasteiger charge is 2.55. The summed E-state index contributed by atoms with van der Waals surface area (Å²) in [7, 11) is -3.89. The molecule has 0 amide bonds. The standard InChI is InChI=1S/C21H25N5O5S/c1-12-4-6-14(7-5-12)32(27,28)29-9-13-8-15(18-17(13)30-21(2,3)31-18)26-11-25-16-19(22)23-10-24-20(16)26/h4-7,10-11,13,15,17-18H,8-9H2,1-3H3,(H2,22,23,24)/t13-,15-,17-,18+/m1/s1. The molecular formula is C21H25N5O5S. The lowest BCUT2D eigenvalue weighted by atomic mass is 10.1. The molecule has 5 rings (SSSR count). The first-order valence-electron chi connectivity index (χ1n) is 10.4. The van der Waals surface area contributed by atoms with Gasteiger partial charge in [0.05, 0.1) is 30.0 Å². The summed E-state index contributed by atoms with van der Waals surface area (Å²) in [4.78, 5) is 12.8. The SMILES string of the molecule is Cc1ccc(S(=O)(=O)OC[C@H]2C[C@@H](n3cnc4c(N)ncnc43)[C@@H]3OC(C)(C)O[C@H]23)cc1. The van der Waals surface area contributed by atoms with Gasteiger partial charge in [-0.15, -0.1) is 0 Å². The Hall–Kier alpha value is -2.60. The van der Waals surface area contributed by atoms with Crippen molar-refractivity contribution in [3.05, 3.63) is 42.5 Å². The number of ether oxygens (including phenoxy) is 2. The Bertz CT molecular complexity index is 1260. The third-order valence-electron chi connectivity index (χ3n) is 6.04. The average molecular weight is 460 g/mol. The molecule has 3 aromatic rings. The van der Waals surface area contributed by atoms with Crippen molar-refractivity contribution < 1.29 is 22.1 Å². The number of aromatic nitrogens is 4. The largest absolute Gasteiger partial charge is 0.382 e. The number of imidazole rings is 1. The van der Waals surface area contributed by atoms with Crippen molar-refractivity contribution in [3.63, 3.8) is 0 Å². The minimum atomic E-state index is -3.89. The van der Waals surface area contributed by atoms with Gasteiger partial charge in [0.2, 0.25) is 0 Å². The van der Waals surface area contributed by atoms with Gasteiger partial charge in [0.15, 0.2) is 17.3 Å². The van der Waals surface area contributed by atoms with Gasteiger partial charge in [0.25, 0.3) is 10.1 Å². The van der Waals surface area contributed by atoms with Crippen LogP contribution in [0.25, 0.3) is 11.2 Å². The predicted octanol–water partition coefficient (Wildman–Crippen LogP) is 2.20. The number of nitrogen functional groups attached to an aromatic ring is 1. The van der Waals surface area contributed by atoms with E-state index in [2.05, 4.69) is 15.0 Å². The van der Waals surface area contributed by atoms with Crippen LogP contribution in [0.1, 0.15) is 31.9 Å². The summed E-state index contributed by atoms with van der Waals surface area (Å²) in [5, 5.41) is 0. The zero-order valence-electron chi connectivity index (χ0n) is 18.0. The molecular weight excluding hydrogens is 434 g/mol. The van der Waals surface area contributed by atoms with Crippen LogP contribution in [0.2, 0.25) is 0 Å². The highest BCUT2D eigenvalue weighted by molar-refractivity contribution is 7.86.